The molecule has 0 aromatic rings. The van der Waals surface area contributed by atoms with E-state index in [1.807, 2.05) is 13.8 Å². The van der Waals surface area contributed by atoms with E-state index in [1.165, 1.54) is 6.42 Å². The largest absolute Gasteiger partial charge is 0.390 e. The number of carbonyl (C=O) groups excluding carboxylic acids is 1. The molecule has 86 valence electrons. The van der Waals surface area contributed by atoms with Gasteiger partial charge < -0.3 is 5.11 Å². The molecule has 0 spiro atoms. The highest BCUT2D eigenvalue weighted by Gasteiger charge is 2.20. The number of aliphatic hydroxyl groups is 1. The lowest BCUT2D eigenvalue weighted by atomic mass is 9.81. The van der Waals surface area contributed by atoms with Crippen LogP contribution in [-0.2, 0) is 4.79 Å². The number of rotatable bonds is 4. The number of hydrogen-bond donors (Lipinski definition) is 1. The lowest BCUT2D eigenvalue weighted by Crippen LogP contribution is -2.19. The van der Waals surface area contributed by atoms with E-state index in [9.17, 15) is 9.90 Å². The maximum atomic E-state index is 10.7. The summed E-state index contributed by atoms with van der Waals surface area (Å²) in [6, 6.07) is 0. The molecule has 15 heavy (non-hydrogen) atoms. The second-order valence-corrected chi connectivity index (χ2v) is 5.27. The molecular formula is C13H22O2. The quantitative estimate of drug-likeness (QED) is 0.724. The van der Waals surface area contributed by atoms with Crippen molar-refractivity contribution in [3.05, 3.63) is 5.57 Å². The monoisotopic (exact) mass is 210 g/mol. The van der Waals surface area contributed by atoms with Crippen molar-refractivity contribution in [2.45, 2.75) is 64.4 Å². The van der Waals surface area contributed by atoms with Gasteiger partial charge in [-0.05, 0) is 58.3 Å². The third-order valence-corrected chi connectivity index (χ3v) is 3.21. The standard InChI is InChI=1S/C13H22O2/c1-13(2,15)9-5-8-11-6-3-4-7-12(11)10-14/h11,15H,3-9H2,1-2H3. The molecule has 2 nitrogen and oxygen atoms in total. The van der Waals surface area contributed by atoms with Crippen LogP contribution in [0, 0.1) is 5.92 Å². The van der Waals surface area contributed by atoms with Gasteiger partial charge in [0.25, 0.3) is 0 Å². The smallest absolute Gasteiger partial charge is 0.123 e. The molecule has 1 N–H and O–H groups in total. The molecule has 0 bridgehead atoms. The molecule has 2 heteroatoms. The average Bonchev–Trinajstić information content (AvgIpc) is 2.16. The topological polar surface area (TPSA) is 37.3 Å². The van der Waals surface area contributed by atoms with Gasteiger partial charge in [0.05, 0.1) is 5.60 Å². The fourth-order valence-electron chi connectivity index (χ4n) is 2.32. The Morgan fingerprint density at radius 1 is 1.47 bits per heavy atom. The van der Waals surface area contributed by atoms with E-state index in [1.54, 1.807) is 0 Å². The lowest BCUT2D eigenvalue weighted by Gasteiger charge is -2.24. The molecule has 1 unspecified atom stereocenters. The summed E-state index contributed by atoms with van der Waals surface area (Å²) in [6.07, 6.45) is 7.31. The Labute approximate surface area is 92.4 Å². The molecule has 1 aliphatic carbocycles. The van der Waals surface area contributed by atoms with Crippen LogP contribution in [0.2, 0.25) is 0 Å². The minimum Gasteiger partial charge on any atom is -0.390 e. The summed E-state index contributed by atoms with van der Waals surface area (Å²) < 4.78 is 0. The molecule has 1 rings (SSSR count). The van der Waals surface area contributed by atoms with Crippen LogP contribution < -0.4 is 0 Å². The van der Waals surface area contributed by atoms with E-state index in [0.717, 1.165) is 44.1 Å². The van der Waals surface area contributed by atoms with Crippen molar-refractivity contribution in [3.8, 4) is 0 Å². The molecule has 1 saturated carbocycles. The number of allylic oxidation sites excluding steroid dienone is 1. The maximum absolute atomic E-state index is 10.7. The minimum atomic E-state index is -0.570. The van der Waals surface area contributed by atoms with Crippen molar-refractivity contribution >= 4 is 5.94 Å². The molecule has 0 radical (unpaired) electrons. The van der Waals surface area contributed by atoms with Crippen molar-refractivity contribution in [1.29, 1.82) is 0 Å². The van der Waals surface area contributed by atoms with Crippen molar-refractivity contribution in [2.24, 2.45) is 5.92 Å². The van der Waals surface area contributed by atoms with Crippen LogP contribution in [-0.4, -0.2) is 16.6 Å². The molecule has 0 saturated heterocycles. The summed E-state index contributed by atoms with van der Waals surface area (Å²) in [4.78, 5) is 10.7. The third kappa shape index (κ3) is 4.63. The van der Waals surface area contributed by atoms with E-state index in [2.05, 4.69) is 5.94 Å². The summed E-state index contributed by atoms with van der Waals surface area (Å²) >= 11 is 0. The highest BCUT2D eigenvalue weighted by Crippen LogP contribution is 2.31. The van der Waals surface area contributed by atoms with Gasteiger partial charge in [0.1, 0.15) is 5.94 Å². The van der Waals surface area contributed by atoms with Gasteiger partial charge in [-0.1, -0.05) is 6.42 Å². The van der Waals surface area contributed by atoms with E-state index in [-0.39, 0.29) is 0 Å². The van der Waals surface area contributed by atoms with Crippen LogP contribution in [0.1, 0.15) is 58.8 Å². The molecule has 0 heterocycles. The van der Waals surface area contributed by atoms with Gasteiger partial charge in [-0.2, -0.15) is 0 Å². The van der Waals surface area contributed by atoms with Crippen molar-refractivity contribution in [3.63, 3.8) is 0 Å². The predicted octanol–water partition coefficient (Wildman–Crippen LogP) is 2.88. The molecule has 1 fully saturated rings. The van der Waals surface area contributed by atoms with Crippen molar-refractivity contribution in [1.82, 2.24) is 0 Å². The Balaban J connectivity index is 2.34. The zero-order chi connectivity index (χ0) is 11.3. The Kier molecular flexibility index (Phi) is 4.56. The second kappa shape index (κ2) is 5.48. The Hall–Kier alpha value is -0.590. The first-order chi connectivity index (χ1) is 7.03. The first-order valence-corrected chi connectivity index (χ1v) is 5.99. The first-order valence-electron chi connectivity index (χ1n) is 5.99. The highest BCUT2D eigenvalue weighted by molar-refractivity contribution is 5.53. The van der Waals surface area contributed by atoms with Crippen LogP contribution in [0.25, 0.3) is 0 Å². The molecule has 0 amide bonds. The van der Waals surface area contributed by atoms with Crippen LogP contribution in [0.5, 0.6) is 0 Å². The fraction of sp³-hybridized carbons (Fsp3) is 0.846. The van der Waals surface area contributed by atoms with Gasteiger partial charge in [-0.15, -0.1) is 0 Å². The van der Waals surface area contributed by atoms with E-state index in [0.29, 0.717) is 5.92 Å². The van der Waals surface area contributed by atoms with Crippen LogP contribution in [0.3, 0.4) is 0 Å². The highest BCUT2D eigenvalue weighted by atomic mass is 16.3. The SMILES string of the molecule is CC(C)(O)CCCC1CCCCC1=C=O. The van der Waals surface area contributed by atoms with Crippen LogP contribution in [0.4, 0.5) is 0 Å². The van der Waals surface area contributed by atoms with E-state index < -0.39 is 5.60 Å². The van der Waals surface area contributed by atoms with Gasteiger partial charge in [0.15, 0.2) is 0 Å². The van der Waals surface area contributed by atoms with E-state index in [4.69, 9.17) is 0 Å². The molecule has 1 atom stereocenters. The van der Waals surface area contributed by atoms with Crippen molar-refractivity contribution in [2.75, 3.05) is 0 Å². The van der Waals surface area contributed by atoms with Crippen LogP contribution in [0.15, 0.2) is 5.57 Å². The van der Waals surface area contributed by atoms with Gasteiger partial charge in [0, 0.05) is 5.57 Å². The van der Waals surface area contributed by atoms with Crippen LogP contribution >= 0.6 is 0 Å². The molecular weight excluding hydrogens is 188 g/mol. The Bertz CT molecular complexity index is 244. The molecule has 1 aliphatic rings. The summed E-state index contributed by atoms with van der Waals surface area (Å²) in [6.45, 7) is 3.68. The average molecular weight is 210 g/mol. The normalized spacial score (nSPS) is 22.6. The van der Waals surface area contributed by atoms with Gasteiger partial charge in [-0.25, -0.2) is 4.79 Å². The second-order valence-electron chi connectivity index (χ2n) is 5.27. The predicted molar refractivity (Wildman–Crippen MR) is 61.3 cm³/mol. The zero-order valence-electron chi connectivity index (χ0n) is 9.88. The summed E-state index contributed by atoms with van der Waals surface area (Å²) in [5, 5.41) is 9.59. The lowest BCUT2D eigenvalue weighted by molar-refractivity contribution is 0.0669. The molecule has 0 aliphatic heterocycles. The Morgan fingerprint density at radius 2 is 2.20 bits per heavy atom. The van der Waals surface area contributed by atoms with Gasteiger partial charge >= 0.3 is 0 Å². The maximum Gasteiger partial charge on any atom is 0.123 e. The van der Waals surface area contributed by atoms with Gasteiger partial charge in [-0.3, -0.25) is 0 Å². The Morgan fingerprint density at radius 3 is 2.80 bits per heavy atom. The number of hydrogen-bond acceptors (Lipinski definition) is 2. The van der Waals surface area contributed by atoms with Crippen molar-refractivity contribution < 1.29 is 9.90 Å². The molecule has 0 aromatic carbocycles. The fourth-order valence-corrected chi connectivity index (χ4v) is 2.32. The minimum absolute atomic E-state index is 0.443. The molecule has 0 aromatic heterocycles. The summed E-state index contributed by atoms with van der Waals surface area (Å²) in [7, 11) is 0. The van der Waals surface area contributed by atoms with E-state index >= 15 is 0 Å². The zero-order valence-corrected chi connectivity index (χ0v) is 9.88. The summed E-state index contributed by atoms with van der Waals surface area (Å²) in [5.74, 6) is 2.55. The third-order valence-electron chi connectivity index (χ3n) is 3.21. The first kappa shape index (κ1) is 12.5. The summed E-state index contributed by atoms with van der Waals surface area (Å²) in [5.41, 5.74) is 0.414. The van der Waals surface area contributed by atoms with Gasteiger partial charge in [0.2, 0.25) is 0 Å².